The Labute approximate surface area is 146 Å². The minimum atomic E-state index is -0.218. The highest BCUT2D eigenvalue weighted by Gasteiger charge is 2.24. The Morgan fingerprint density at radius 1 is 1.16 bits per heavy atom. The first-order chi connectivity index (χ1) is 12.1. The van der Waals surface area contributed by atoms with E-state index in [0.717, 1.165) is 16.8 Å². The normalized spacial score (nSPS) is 17.2. The van der Waals surface area contributed by atoms with Gasteiger partial charge in [-0.05, 0) is 12.1 Å². The van der Waals surface area contributed by atoms with Crippen LogP contribution < -0.4 is 5.32 Å². The second kappa shape index (κ2) is 7.40. The zero-order valence-corrected chi connectivity index (χ0v) is 14.2. The van der Waals surface area contributed by atoms with Crippen molar-refractivity contribution in [1.29, 1.82) is 0 Å². The Kier molecular flexibility index (Phi) is 5.04. The fourth-order valence-corrected chi connectivity index (χ4v) is 2.71. The number of rotatable bonds is 3. The quantitative estimate of drug-likeness (QED) is 0.913. The van der Waals surface area contributed by atoms with Crippen molar-refractivity contribution in [3.05, 3.63) is 48.0 Å². The predicted octanol–water partition coefficient (Wildman–Crippen LogP) is 1.42. The SMILES string of the molecule is CNC(=O)c1ccc(-c2ccc([C@@H]3CN(C(C)=O)CCO3)nc2)cn1. The third-order valence-electron chi connectivity index (χ3n) is 4.18. The molecule has 2 amide bonds. The van der Waals surface area contributed by atoms with Crippen LogP contribution in [0.1, 0.15) is 29.2 Å². The number of hydrogen-bond acceptors (Lipinski definition) is 5. The Balaban J connectivity index is 1.74. The van der Waals surface area contributed by atoms with Gasteiger partial charge in [-0.2, -0.15) is 0 Å². The van der Waals surface area contributed by atoms with Crippen molar-refractivity contribution in [2.45, 2.75) is 13.0 Å². The molecule has 0 saturated carbocycles. The van der Waals surface area contributed by atoms with Crippen LogP contribution in [0.2, 0.25) is 0 Å². The average molecular weight is 340 g/mol. The van der Waals surface area contributed by atoms with E-state index in [-0.39, 0.29) is 17.9 Å². The summed E-state index contributed by atoms with van der Waals surface area (Å²) >= 11 is 0. The Bertz CT molecular complexity index is 759. The standard InChI is InChI=1S/C18H20N4O3/c1-12(23)22-7-8-25-17(11-22)15-5-3-13(9-20-15)14-4-6-16(21-10-14)18(24)19-2/h3-6,9-10,17H,7-8,11H2,1-2H3,(H,19,24)/t17-/m0/s1. The maximum absolute atomic E-state index is 11.5. The van der Waals surface area contributed by atoms with Gasteiger partial charge in [-0.3, -0.25) is 19.6 Å². The number of nitrogens with zero attached hydrogens (tertiary/aromatic N) is 3. The van der Waals surface area contributed by atoms with Gasteiger partial charge in [-0.1, -0.05) is 12.1 Å². The van der Waals surface area contributed by atoms with Gasteiger partial charge in [0.15, 0.2) is 0 Å². The van der Waals surface area contributed by atoms with E-state index in [2.05, 4.69) is 15.3 Å². The molecule has 3 rings (SSSR count). The second-order valence-corrected chi connectivity index (χ2v) is 5.81. The van der Waals surface area contributed by atoms with Gasteiger partial charge in [0.2, 0.25) is 5.91 Å². The fraction of sp³-hybridized carbons (Fsp3) is 0.333. The number of amides is 2. The third-order valence-corrected chi connectivity index (χ3v) is 4.18. The van der Waals surface area contributed by atoms with Crippen LogP contribution in [0, 0.1) is 0 Å². The van der Waals surface area contributed by atoms with Crippen molar-refractivity contribution < 1.29 is 14.3 Å². The molecule has 1 fully saturated rings. The lowest BCUT2D eigenvalue weighted by Crippen LogP contribution is -2.41. The summed E-state index contributed by atoms with van der Waals surface area (Å²) in [5.41, 5.74) is 2.95. The Hall–Kier alpha value is -2.80. The van der Waals surface area contributed by atoms with Crippen LogP contribution in [0.3, 0.4) is 0 Å². The van der Waals surface area contributed by atoms with E-state index in [9.17, 15) is 9.59 Å². The minimum absolute atomic E-state index is 0.0483. The van der Waals surface area contributed by atoms with Gasteiger partial charge in [0.25, 0.3) is 5.91 Å². The van der Waals surface area contributed by atoms with Crippen LogP contribution in [0.15, 0.2) is 36.7 Å². The third kappa shape index (κ3) is 3.83. The molecule has 0 aromatic carbocycles. The summed E-state index contributed by atoms with van der Waals surface area (Å²) in [6.07, 6.45) is 3.19. The van der Waals surface area contributed by atoms with E-state index in [4.69, 9.17) is 4.74 Å². The number of hydrogen-bond donors (Lipinski definition) is 1. The number of carbonyl (C=O) groups excluding carboxylic acids is 2. The largest absolute Gasteiger partial charge is 0.368 e. The van der Waals surface area contributed by atoms with Crippen molar-refractivity contribution in [3.63, 3.8) is 0 Å². The molecule has 0 bridgehead atoms. The molecule has 1 atom stereocenters. The number of morpholine rings is 1. The van der Waals surface area contributed by atoms with Crippen LogP contribution >= 0.6 is 0 Å². The number of pyridine rings is 2. The van der Waals surface area contributed by atoms with Crippen molar-refractivity contribution in [3.8, 4) is 11.1 Å². The second-order valence-electron chi connectivity index (χ2n) is 5.81. The molecular weight excluding hydrogens is 320 g/mol. The van der Waals surface area contributed by atoms with E-state index < -0.39 is 0 Å². The molecule has 3 heterocycles. The summed E-state index contributed by atoms with van der Waals surface area (Å²) in [5.74, 6) is -0.170. The van der Waals surface area contributed by atoms with Gasteiger partial charge >= 0.3 is 0 Å². The molecule has 7 heteroatoms. The molecule has 1 saturated heterocycles. The molecule has 2 aromatic heterocycles. The van der Waals surface area contributed by atoms with Gasteiger partial charge in [-0.25, -0.2) is 0 Å². The molecule has 0 unspecified atom stereocenters. The summed E-state index contributed by atoms with van der Waals surface area (Å²) in [6, 6.07) is 7.35. The number of ether oxygens (including phenoxy) is 1. The first-order valence-corrected chi connectivity index (χ1v) is 8.10. The van der Waals surface area contributed by atoms with Gasteiger partial charge in [0.1, 0.15) is 11.8 Å². The van der Waals surface area contributed by atoms with Crippen molar-refractivity contribution >= 4 is 11.8 Å². The molecule has 7 nitrogen and oxygen atoms in total. The fourth-order valence-electron chi connectivity index (χ4n) is 2.71. The van der Waals surface area contributed by atoms with Crippen molar-refractivity contribution in [2.75, 3.05) is 26.7 Å². The highest BCUT2D eigenvalue weighted by molar-refractivity contribution is 5.92. The maximum atomic E-state index is 11.5. The molecule has 2 aromatic rings. The topological polar surface area (TPSA) is 84.4 Å². The summed E-state index contributed by atoms with van der Waals surface area (Å²) < 4.78 is 5.73. The summed E-state index contributed by atoms with van der Waals surface area (Å²) in [6.45, 7) is 3.21. The molecule has 25 heavy (non-hydrogen) atoms. The van der Waals surface area contributed by atoms with Gasteiger partial charge in [-0.15, -0.1) is 0 Å². The summed E-state index contributed by atoms with van der Waals surface area (Å²) in [5, 5.41) is 2.54. The van der Waals surface area contributed by atoms with E-state index in [1.54, 1.807) is 37.3 Å². The molecule has 0 radical (unpaired) electrons. The van der Waals surface area contributed by atoms with Crippen LogP contribution in [0.5, 0.6) is 0 Å². The summed E-state index contributed by atoms with van der Waals surface area (Å²) in [7, 11) is 1.57. The van der Waals surface area contributed by atoms with E-state index in [1.807, 2.05) is 18.2 Å². The number of nitrogens with one attached hydrogen (secondary N) is 1. The van der Waals surface area contributed by atoms with E-state index in [1.165, 1.54) is 0 Å². The molecular formula is C18H20N4O3. The first kappa shape index (κ1) is 17.0. The zero-order chi connectivity index (χ0) is 17.8. The predicted molar refractivity (Wildman–Crippen MR) is 91.8 cm³/mol. The first-order valence-electron chi connectivity index (χ1n) is 8.10. The minimum Gasteiger partial charge on any atom is -0.368 e. The summed E-state index contributed by atoms with van der Waals surface area (Å²) in [4.78, 5) is 33.5. The highest BCUT2D eigenvalue weighted by atomic mass is 16.5. The molecule has 0 aliphatic carbocycles. The van der Waals surface area contributed by atoms with E-state index >= 15 is 0 Å². The van der Waals surface area contributed by atoms with Gasteiger partial charge in [0, 0.05) is 44.0 Å². The zero-order valence-electron chi connectivity index (χ0n) is 14.2. The molecule has 1 aliphatic heterocycles. The van der Waals surface area contributed by atoms with Crippen LogP contribution in [-0.4, -0.2) is 53.4 Å². The highest BCUT2D eigenvalue weighted by Crippen LogP contribution is 2.23. The average Bonchev–Trinajstić information content (AvgIpc) is 2.67. The smallest absolute Gasteiger partial charge is 0.269 e. The molecule has 1 N–H and O–H groups in total. The lowest BCUT2D eigenvalue weighted by molar-refractivity contribution is -0.136. The molecule has 130 valence electrons. The van der Waals surface area contributed by atoms with Crippen LogP contribution in [-0.2, 0) is 9.53 Å². The van der Waals surface area contributed by atoms with Crippen LogP contribution in [0.25, 0.3) is 11.1 Å². The Morgan fingerprint density at radius 3 is 2.44 bits per heavy atom. The van der Waals surface area contributed by atoms with Crippen molar-refractivity contribution in [1.82, 2.24) is 20.2 Å². The number of carbonyl (C=O) groups is 2. The van der Waals surface area contributed by atoms with E-state index in [0.29, 0.717) is 25.4 Å². The monoisotopic (exact) mass is 340 g/mol. The van der Waals surface area contributed by atoms with Gasteiger partial charge < -0.3 is 15.0 Å². The van der Waals surface area contributed by atoms with Crippen LogP contribution in [0.4, 0.5) is 0 Å². The Morgan fingerprint density at radius 2 is 1.88 bits per heavy atom. The lowest BCUT2D eigenvalue weighted by Gasteiger charge is -2.31. The van der Waals surface area contributed by atoms with Crippen molar-refractivity contribution in [2.24, 2.45) is 0 Å². The lowest BCUT2D eigenvalue weighted by atomic mass is 10.1. The van der Waals surface area contributed by atoms with Gasteiger partial charge in [0.05, 0.1) is 18.8 Å². The molecule has 0 spiro atoms. The number of aromatic nitrogens is 2. The molecule has 1 aliphatic rings. The maximum Gasteiger partial charge on any atom is 0.269 e.